The van der Waals surface area contributed by atoms with E-state index in [1.165, 1.54) is 4.31 Å². The van der Waals surface area contributed by atoms with E-state index in [-0.39, 0.29) is 4.90 Å². The topological polar surface area (TPSA) is 105 Å². The van der Waals surface area contributed by atoms with Crippen LogP contribution in [0.15, 0.2) is 59.6 Å². The van der Waals surface area contributed by atoms with Gasteiger partial charge in [-0.2, -0.15) is 4.31 Å². The lowest BCUT2D eigenvalue weighted by Gasteiger charge is -2.33. The van der Waals surface area contributed by atoms with Crippen molar-refractivity contribution in [3.63, 3.8) is 0 Å². The van der Waals surface area contributed by atoms with Crippen molar-refractivity contribution in [2.75, 3.05) is 31.9 Å². The van der Waals surface area contributed by atoms with E-state index in [9.17, 15) is 8.42 Å². The van der Waals surface area contributed by atoms with Gasteiger partial charge >= 0.3 is 0 Å². The molecule has 2 aromatic carbocycles. The zero-order valence-corrected chi connectivity index (χ0v) is 18.6. The van der Waals surface area contributed by atoms with Gasteiger partial charge in [-0.1, -0.05) is 24.3 Å². The number of piperazine rings is 1. The number of hydrogen-bond donors (Lipinski definition) is 1. The summed E-state index contributed by atoms with van der Waals surface area (Å²) in [5, 5.41) is 1.67. The molecule has 0 radical (unpaired) electrons. The number of para-hydroxylation sites is 2. The molecule has 4 aromatic rings. The number of pyridine rings is 1. The number of aryl methyl sites for hydroxylation is 1. The Bertz CT molecular complexity index is 1410. The third-order valence-corrected chi connectivity index (χ3v) is 7.73. The number of fused-ring (bicyclic) bond motifs is 2. The van der Waals surface area contributed by atoms with Crippen molar-refractivity contribution in [2.24, 2.45) is 0 Å². The molecule has 0 spiro atoms. The summed E-state index contributed by atoms with van der Waals surface area (Å²) in [5.74, 6) is 1.11. The van der Waals surface area contributed by atoms with Gasteiger partial charge in [0.25, 0.3) is 0 Å². The van der Waals surface area contributed by atoms with Crippen LogP contribution in [0.1, 0.15) is 11.4 Å². The van der Waals surface area contributed by atoms with E-state index in [2.05, 4.69) is 19.9 Å². The molecule has 32 heavy (non-hydrogen) atoms. The van der Waals surface area contributed by atoms with Crippen LogP contribution < -0.4 is 5.73 Å². The Morgan fingerprint density at radius 3 is 2.59 bits per heavy atom. The number of rotatable bonds is 4. The van der Waals surface area contributed by atoms with Crippen molar-refractivity contribution in [3.8, 4) is 0 Å². The smallest absolute Gasteiger partial charge is 0.245 e. The van der Waals surface area contributed by atoms with Crippen molar-refractivity contribution >= 4 is 37.6 Å². The third-order valence-electron chi connectivity index (χ3n) is 5.80. The molecule has 2 N–H and O–H groups in total. The number of anilines is 1. The molecular weight excluding hydrogens is 424 g/mol. The average Bonchev–Trinajstić information content (AvgIpc) is 2.79. The number of benzene rings is 2. The molecule has 0 atom stereocenters. The Kier molecular flexibility index (Phi) is 5.24. The molecule has 8 nitrogen and oxygen atoms in total. The quantitative estimate of drug-likeness (QED) is 0.511. The molecule has 1 aliphatic heterocycles. The van der Waals surface area contributed by atoms with Gasteiger partial charge in [0.05, 0.1) is 17.6 Å². The van der Waals surface area contributed by atoms with Crippen LogP contribution in [0.25, 0.3) is 21.8 Å². The van der Waals surface area contributed by atoms with Gasteiger partial charge in [0.15, 0.2) is 0 Å². The van der Waals surface area contributed by atoms with Crippen molar-refractivity contribution in [3.05, 3.63) is 66.1 Å². The van der Waals surface area contributed by atoms with Crippen LogP contribution in [0.3, 0.4) is 0 Å². The molecule has 0 bridgehead atoms. The molecule has 164 valence electrons. The number of aromatic nitrogens is 3. The number of hydrogen-bond acceptors (Lipinski definition) is 7. The molecule has 1 saturated heterocycles. The maximum absolute atomic E-state index is 13.4. The Balaban J connectivity index is 1.33. The lowest BCUT2D eigenvalue weighted by Crippen LogP contribution is -2.48. The van der Waals surface area contributed by atoms with Crippen LogP contribution in [0.2, 0.25) is 0 Å². The molecule has 1 fully saturated rings. The highest BCUT2D eigenvalue weighted by atomic mass is 32.2. The van der Waals surface area contributed by atoms with Gasteiger partial charge in [-0.15, -0.1) is 0 Å². The average molecular weight is 449 g/mol. The standard InChI is InChI=1S/C23H24N6O2S/c1-16-13-17-5-4-8-20(22(17)25-14-16)32(30,31)29-11-9-28(10-12-29)15-21-26-19-7-3-2-6-18(19)23(24)27-21/h2-8,13-14H,9-12,15H2,1H3,(H2,24,26,27). The van der Waals surface area contributed by atoms with Crippen LogP contribution >= 0.6 is 0 Å². The summed E-state index contributed by atoms with van der Waals surface area (Å²) in [6, 6.07) is 14.9. The number of nitrogen functional groups attached to an aromatic ring is 1. The number of nitrogens with two attached hydrogens (primary N) is 1. The molecule has 3 heterocycles. The third kappa shape index (κ3) is 3.79. The Morgan fingerprint density at radius 1 is 1.00 bits per heavy atom. The van der Waals surface area contributed by atoms with Gasteiger partial charge in [0.1, 0.15) is 16.5 Å². The first kappa shape index (κ1) is 20.7. The minimum absolute atomic E-state index is 0.258. The van der Waals surface area contributed by atoms with Gasteiger partial charge < -0.3 is 5.73 Å². The minimum Gasteiger partial charge on any atom is -0.383 e. The highest BCUT2D eigenvalue weighted by molar-refractivity contribution is 7.89. The zero-order chi connectivity index (χ0) is 22.3. The Hall–Kier alpha value is -3.14. The second kappa shape index (κ2) is 8.09. The summed E-state index contributed by atoms with van der Waals surface area (Å²) in [6.07, 6.45) is 1.70. The molecule has 5 rings (SSSR count). The molecule has 0 saturated carbocycles. The maximum Gasteiger partial charge on any atom is 0.245 e. The van der Waals surface area contributed by atoms with Gasteiger partial charge in [-0.25, -0.2) is 18.4 Å². The molecule has 2 aromatic heterocycles. The van der Waals surface area contributed by atoms with E-state index in [0.717, 1.165) is 21.9 Å². The molecular formula is C23H24N6O2S. The van der Waals surface area contributed by atoms with E-state index in [0.29, 0.717) is 49.9 Å². The summed E-state index contributed by atoms with van der Waals surface area (Å²) in [6.45, 7) is 4.44. The monoisotopic (exact) mass is 448 g/mol. The van der Waals surface area contributed by atoms with Crippen LogP contribution in [-0.2, 0) is 16.6 Å². The lowest BCUT2D eigenvalue weighted by molar-refractivity contribution is 0.178. The largest absolute Gasteiger partial charge is 0.383 e. The second-order valence-electron chi connectivity index (χ2n) is 8.06. The van der Waals surface area contributed by atoms with Crippen LogP contribution in [0.5, 0.6) is 0 Å². The normalized spacial score (nSPS) is 16.0. The molecule has 1 aliphatic rings. The summed E-state index contributed by atoms with van der Waals surface area (Å²) < 4.78 is 28.3. The van der Waals surface area contributed by atoms with Gasteiger partial charge in [0.2, 0.25) is 10.0 Å². The fraction of sp³-hybridized carbons (Fsp3) is 0.261. The predicted molar refractivity (Wildman–Crippen MR) is 124 cm³/mol. The highest BCUT2D eigenvalue weighted by Gasteiger charge is 2.30. The van der Waals surface area contributed by atoms with E-state index in [1.807, 2.05) is 43.3 Å². The van der Waals surface area contributed by atoms with E-state index in [4.69, 9.17) is 5.73 Å². The first-order valence-corrected chi connectivity index (χ1v) is 11.9. The van der Waals surface area contributed by atoms with E-state index in [1.54, 1.807) is 18.3 Å². The summed E-state index contributed by atoms with van der Waals surface area (Å²) in [4.78, 5) is 15.9. The van der Waals surface area contributed by atoms with Crippen LogP contribution in [0.4, 0.5) is 5.82 Å². The first-order chi connectivity index (χ1) is 15.4. The van der Waals surface area contributed by atoms with Gasteiger partial charge in [-0.05, 0) is 36.8 Å². The highest BCUT2D eigenvalue weighted by Crippen LogP contribution is 2.26. The first-order valence-electron chi connectivity index (χ1n) is 10.5. The SMILES string of the molecule is Cc1cnc2c(S(=O)(=O)N3CCN(Cc4nc(N)c5ccccc5n4)CC3)cccc2c1. The van der Waals surface area contributed by atoms with Crippen LogP contribution in [0, 0.1) is 6.92 Å². The van der Waals surface area contributed by atoms with Crippen LogP contribution in [-0.4, -0.2) is 58.8 Å². The van der Waals surface area contributed by atoms with E-state index < -0.39 is 10.0 Å². The van der Waals surface area contributed by atoms with Gasteiger partial charge in [0, 0.05) is 43.1 Å². The van der Waals surface area contributed by atoms with Crippen molar-refractivity contribution in [2.45, 2.75) is 18.4 Å². The summed E-state index contributed by atoms with van der Waals surface area (Å²) >= 11 is 0. The number of nitrogens with zero attached hydrogens (tertiary/aromatic N) is 5. The predicted octanol–water partition coefficient (Wildman–Crippen LogP) is 2.58. The summed E-state index contributed by atoms with van der Waals surface area (Å²) in [7, 11) is -3.64. The van der Waals surface area contributed by atoms with Gasteiger partial charge in [-0.3, -0.25) is 9.88 Å². The fourth-order valence-electron chi connectivity index (χ4n) is 4.14. The molecule has 0 amide bonds. The van der Waals surface area contributed by atoms with E-state index >= 15 is 0 Å². The summed E-state index contributed by atoms with van der Waals surface area (Å²) in [5.41, 5.74) is 8.42. The minimum atomic E-state index is -3.64. The Labute approximate surface area is 186 Å². The molecule has 9 heteroatoms. The molecule has 0 aliphatic carbocycles. The van der Waals surface area contributed by atoms with Crippen molar-refractivity contribution < 1.29 is 8.42 Å². The Morgan fingerprint density at radius 2 is 1.78 bits per heavy atom. The maximum atomic E-state index is 13.4. The second-order valence-corrected chi connectivity index (χ2v) is 9.97. The van der Waals surface area contributed by atoms with Crippen molar-refractivity contribution in [1.29, 1.82) is 0 Å². The fourth-order valence-corrected chi connectivity index (χ4v) is 5.73. The lowest BCUT2D eigenvalue weighted by atomic mass is 10.2. The molecule has 0 unspecified atom stereocenters. The number of sulfonamides is 1. The van der Waals surface area contributed by atoms with Crippen molar-refractivity contribution in [1.82, 2.24) is 24.2 Å². The zero-order valence-electron chi connectivity index (χ0n) is 17.8.